The van der Waals surface area contributed by atoms with Crippen LogP contribution in [0.1, 0.15) is 11.3 Å². The first-order valence-electron chi connectivity index (χ1n) is 8.35. The number of nitrogens with zero attached hydrogens (tertiary/aromatic N) is 3. The molecule has 0 atom stereocenters. The van der Waals surface area contributed by atoms with Gasteiger partial charge in [0.05, 0.1) is 0 Å². The first kappa shape index (κ1) is 17.8. The number of anilines is 1. The van der Waals surface area contributed by atoms with Gasteiger partial charge in [-0.05, 0) is 16.7 Å². The summed E-state index contributed by atoms with van der Waals surface area (Å²) in [5.41, 5.74) is 0.960. The third-order valence-corrected chi connectivity index (χ3v) is 4.14. The Morgan fingerprint density at radius 3 is 2.32 bits per heavy atom. The van der Waals surface area contributed by atoms with Crippen molar-refractivity contribution in [2.45, 2.75) is 12.7 Å². The van der Waals surface area contributed by atoms with Crippen molar-refractivity contribution in [3.05, 3.63) is 82.3 Å². The van der Waals surface area contributed by atoms with Crippen LogP contribution in [0.5, 0.6) is 0 Å². The Morgan fingerprint density at radius 2 is 1.64 bits per heavy atom. The summed E-state index contributed by atoms with van der Waals surface area (Å²) in [6, 6.07) is 18.2. The van der Waals surface area contributed by atoms with Crippen LogP contribution < -0.4 is 10.9 Å². The predicted octanol–water partition coefficient (Wildman–Crippen LogP) is 3.72. The topological polar surface area (TPSA) is 75.1 Å². The molecule has 0 aliphatic rings. The third kappa shape index (κ3) is 3.59. The summed E-state index contributed by atoms with van der Waals surface area (Å²) >= 11 is 0. The van der Waals surface area contributed by atoms with E-state index in [1.165, 1.54) is 0 Å². The van der Waals surface area contributed by atoms with Crippen LogP contribution in [0, 0.1) is 0 Å². The van der Waals surface area contributed by atoms with E-state index in [2.05, 4.69) is 20.4 Å². The van der Waals surface area contributed by atoms with Crippen molar-refractivity contribution in [2.75, 3.05) is 5.32 Å². The lowest BCUT2D eigenvalue weighted by Crippen LogP contribution is -2.20. The van der Waals surface area contributed by atoms with Crippen LogP contribution in [-0.4, -0.2) is 19.6 Å². The van der Waals surface area contributed by atoms with Gasteiger partial charge in [-0.2, -0.15) is 22.7 Å². The lowest BCUT2D eigenvalue weighted by Gasteiger charge is -2.05. The molecule has 4 rings (SSSR count). The molecule has 9 heteroatoms. The Balaban J connectivity index is 1.51. The Bertz CT molecular complexity index is 1160. The van der Waals surface area contributed by atoms with E-state index in [9.17, 15) is 18.0 Å². The van der Waals surface area contributed by atoms with E-state index >= 15 is 0 Å². The summed E-state index contributed by atoms with van der Waals surface area (Å²) in [7, 11) is 0. The summed E-state index contributed by atoms with van der Waals surface area (Å²) < 4.78 is 39.1. The van der Waals surface area contributed by atoms with E-state index < -0.39 is 17.4 Å². The van der Waals surface area contributed by atoms with Crippen LogP contribution in [0.15, 0.2) is 65.5 Å². The molecule has 2 N–H and O–H groups in total. The van der Waals surface area contributed by atoms with Gasteiger partial charge in [-0.1, -0.05) is 54.6 Å². The Hall–Kier alpha value is -3.62. The lowest BCUT2D eigenvalue weighted by molar-refractivity contribution is -0.141. The molecular weight excluding hydrogens is 371 g/mol. The van der Waals surface area contributed by atoms with Crippen molar-refractivity contribution < 1.29 is 13.2 Å². The number of alkyl halides is 3. The molecular formula is C19H14F3N5O. The number of aromatic nitrogens is 4. The van der Waals surface area contributed by atoms with Gasteiger partial charge in [-0.15, -0.1) is 0 Å². The number of hydrogen-bond donors (Lipinski definition) is 2. The Kier molecular flexibility index (Phi) is 4.34. The minimum atomic E-state index is -4.71. The van der Waals surface area contributed by atoms with E-state index in [0.29, 0.717) is 12.6 Å². The molecule has 4 aromatic rings. The second-order valence-corrected chi connectivity index (χ2v) is 6.10. The molecule has 0 spiro atoms. The first-order valence-corrected chi connectivity index (χ1v) is 8.35. The number of H-pyrrole nitrogens is 1. The molecule has 2 aromatic heterocycles. The summed E-state index contributed by atoms with van der Waals surface area (Å²) in [6.07, 6.45) is -4.71. The normalized spacial score (nSPS) is 11.7. The number of hydrogen-bond acceptors (Lipinski definition) is 4. The van der Waals surface area contributed by atoms with Gasteiger partial charge in [0.25, 0.3) is 11.3 Å². The molecule has 2 heterocycles. The van der Waals surface area contributed by atoms with E-state index in [4.69, 9.17) is 0 Å². The van der Waals surface area contributed by atoms with Gasteiger partial charge >= 0.3 is 6.18 Å². The van der Waals surface area contributed by atoms with E-state index in [1.54, 1.807) is 0 Å². The van der Waals surface area contributed by atoms with Crippen LogP contribution in [0.3, 0.4) is 0 Å². The van der Waals surface area contributed by atoms with Crippen LogP contribution in [0.25, 0.3) is 16.9 Å². The van der Waals surface area contributed by atoms with Crippen LogP contribution in [-0.2, 0) is 12.7 Å². The first-order chi connectivity index (χ1) is 13.4. The number of fused-ring (bicyclic) bond motifs is 1. The molecule has 0 amide bonds. The van der Waals surface area contributed by atoms with Gasteiger partial charge in [0.1, 0.15) is 0 Å². The molecule has 2 aromatic carbocycles. The fourth-order valence-corrected chi connectivity index (χ4v) is 2.74. The van der Waals surface area contributed by atoms with E-state index in [0.717, 1.165) is 21.2 Å². The zero-order valence-corrected chi connectivity index (χ0v) is 14.4. The number of nitrogens with one attached hydrogen (secondary N) is 2. The minimum Gasteiger partial charge on any atom is -0.351 e. The maximum Gasteiger partial charge on any atom is 0.433 e. The molecule has 0 bridgehead atoms. The molecule has 0 fully saturated rings. The molecule has 0 unspecified atom stereocenters. The summed E-state index contributed by atoms with van der Waals surface area (Å²) in [5, 5.41) is 5.55. The molecule has 0 saturated carbocycles. The maximum absolute atomic E-state index is 12.8. The van der Waals surface area contributed by atoms with Gasteiger partial charge < -0.3 is 5.32 Å². The quantitative estimate of drug-likeness (QED) is 0.562. The van der Waals surface area contributed by atoms with Gasteiger partial charge in [-0.25, -0.2) is 4.98 Å². The summed E-state index contributed by atoms with van der Waals surface area (Å²) in [6.45, 7) is 0.371. The summed E-state index contributed by atoms with van der Waals surface area (Å²) in [4.78, 5) is 19.1. The Labute approximate surface area is 156 Å². The second kappa shape index (κ2) is 6.84. The fraction of sp³-hybridized carbons (Fsp3) is 0.105. The number of benzene rings is 2. The average Bonchev–Trinajstić information content (AvgIpc) is 3.11. The second-order valence-electron chi connectivity index (χ2n) is 6.10. The zero-order valence-electron chi connectivity index (χ0n) is 14.4. The minimum absolute atomic E-state index is 0.149. The van der Waals surface area contributed by atoms with Crippen molar-refractivity contribution in [1.82, 2.24) is 19.6 Å². The highest BCUT2D eigenvalue weighted by Crippen LogP contribution is 2.26. The smallest absolute Gasteiger partial charge is 0.351 e. The van der Waals surface area contributed by atoms with Crippen LogP contribution >= 0.6 is 0 Å². The van der Waals surface area contributed by atoms with Crippen molar-refractivity contribution in [3.8, 4) is 11.1 Å². The SMILES string of the molecule is O=c1cc(C(F)(F)F)nc2nc(NCc3ccc(-c4ccccc4)cc3)[nH]n12. The van der Waals surface area contributed by atoms with Gasteiger partial charge in [0.15, 0.2) is 5.69 Å². The summed E-state index contributed by atoms with van der Waals surface area (Å²) in [5.74, 6) is -0.196. The monoisotopic (exact) mass is 385 g/mol. The molecule has 0 saturated heterocycles. The number of rotatable bonds is 4. The van der Waals surface area contributed by atoms with Gasteiger partial charge in [-0.3, -0.25) is 9.89 Å². The third-order valence-electron chi connectivity index (χ3n) is 4.14. The van der Waals surface area contributed by atoms with Gasteiger partial charge in [0.2, 0.25) is 5.95 Å². The fourth-order valence-electron chi connectivity index (χ4n) is 2.74. The van der Waals surface area contributed by atoms with E-state index in [1.807, 2.05) is 54.6 Å². The molecule has 6 nitrogen and oxygen atoms in total. The molecule has 0 radical (unpaired) electrons. The molecule has 0 aliphatic heterocycles. The standard InChI is InChI=1S/C19H14F3N5O/c20-19(21,22)15-10-16(28)27-18(24-15)25-17(26-27)23-11-12-6-8-14(9-7-12)13-4-2-1-3-5-13/h1-10H,11H2,(H2,23,24,25,26). The highest BCUT2D eigenvalue weighted by atomic mass is 19.4. The van der Waals surface area contributed by atoms with Crippen LogP contribution in [0.4, 0.5) is 19.1 Å². The van der Waals surface area contributed by atoms with Crippen molar-refractivity contribution >= 4 is 11.7 Å². The molecule has 28 heavy (non-hydrogen) atoms. The Morgan fingerprint density at radius 1 is 0.964 bits per heavy atom. The van der Waals surface area contributed by atoms with Crippen LogP contribution in [0.2, 0.25) is 0 Å². The van der Waals surface area contributed by atoms with E-state index in [-0.39, 0.29) is 11.7 Å². The van der Waals surface area contributed by atoms with Crippen molar-refractivity contribution in [1.29, 1.82) is 0 Å². The van der Waals surface area contributed by atoms with Crippen molar-refractivity contribution in [3.63, 3.8) is 0 Å². The molecule has 142 valence electrons. The largest absolute Gasteiger partial charge is 0.433 e. The average molecular weight is 385 g/mol. The zero-order chi connectivity index (χ0) is 19.7. The maximum atomic E-state index is 12.8. The lowest BCUT2D eigenvalue weighted by atomic mass is 10.0. The number of aromatic amines is 1. The van der Waals surface area contributed by atoms with Gasteiger partial charge in [0, 0.05) is 12.6 Å². The molecule has 0 aliphatic carbocycles. The van der Waals surface area contributed by atoms with Crippen molar-refractivity contribution in [2.24, 2.45) is 0 Å². The highest BCUT2D eigenvalue weighted by molar-refractivity contribution is 5.63. The highest BCUT2D eigenvalue weighted by Gasteiger charge is 2.33. The predicted molar refractivity (Wildman–Crippen MR) is 97.8 cm³/mol. The number of halogens is 3.